The second kappa shape index (κ2) is 14.8. The molecule has 1 saturated carbocycles. The van der Waals surface area contributed by atoms with Crippen molar-refractivity contribution in [3.05, 3.63) is 138 Å². The third-order valence-electron chi connectivity index (χ3n) is 9.38. The molecule has 0 aliphatic heterocycles. The van der Waals surface area contributed by atoms with Gasteiger partial charge in [0.2, 0.25) is 5.71 Å². The Kier molecular flexibility index (Phi) is 10.3. The topological polar surface area (TPSA) is 51.8 Å². The van der Waals surface area contributed by atoms with Gasteiger partial charge in [0.15, 0.2) is 0 Å². The molecular formula is C43H39IrN3O-2. The molecule has 1 aliphatic carbocycles. The van der Waals surface area contributed by atoms with E-state index < -0.39 is 0 Å². The minimum atomic E-state index is 0. The number of aryl methyl sites for hydroxylation is 2. The molecule has 1 aliphatic rings. The first-order valence-corrected chi connectivity index (χ1v) is 16.6. The van der Waals surface area contributed by atoms with Crippen molar-refractivity contribution in [2.75, 3.05) is 0 Å². The van der Waals surface area contributed by atoms with Crippen LogP contribution in [0.3, 0.4) is 0 Å². The predicted octanol–water partition coefficient (Wildman–Crippen LogP) is 11.2. The summed E-state index contributed by atoms with van der Waals surface area (Å²) in [6.07, 6.45) is 7.56. The van der Waals surface area contributed by atoms with Crippen LogP contribution in [0.25, 0.3) is 55.8 Å². The molecule has 243 valence electrons. The average Bonchev–Trinajstić information content (AvgIpc) is 3.47. The van der Waals surface area contributed by atoms with Gasteiger partial charge >= 0.3 is 0 Å². The monoisotopic (exact) mass is 806 g/mol. The van der Waals surface area contributed by atoms with Gasteiger partial charge in [0.25, 0.3) is 0 Å². The maximum Gasteiger partial charge on any atom is 0.216 e. The van der Waals surface area contributed by atoms with Gasteiger partial charge < -0.3 is 14.4 Å². The van der Waals surface area contributed by atoms with E-state index in [9.17, 15) is 0 Å². The second-order valence-corrected chi connectivity index (χ2v) is 13.1. The fourth-order valence-corrected chi connectivity index (χ4v) is 7.30. The van der Waals surface area contributed by atoms with Crippen LogP contribution in [0.2, 0.25) is 0 Å². The number of pyridine rings is 3. The van der Waals surface area contributed by atoms with Crippen LogP contribution in [0.1, 0.15) is 55.7 Å². The maximum absolute atomic E-state index is 6.42. The molecule has 0 spiro atoms. The third kappa shape index (κ3) is 7.04. The molecule has 2 atom stereocenters. The van der Waals surface area contributed by atoms with Gasteiger partial charge in [0.05, 0.1) is 11.3 Å². The van der Waals surface area contributed by atoms with Gasteiger partial charge in [0.1, 0.15) is 0 Å². The molecule has 4 aromatic heterocycles. The summed E-state index contributed by atoms with van der Waals surface area (Å²) in [4.78, 5) is 13.9. The van der Waals surface area contributed by atoms with E-state index in [1.54, 1.807) is 6.20 Å². The van der Waals surface area contributed by atoms with Crippen molar-refractivity contribution < 1.29 is 24.5 Å². The Labute approximate surface area is 297 Å². The quantitative estimate of drug-likeness (QED) is 0.166. The Morgan fingerprint density at radius 1 is 0.667 bits per heavy atom. The van der Waals surface area contributed by atoms with E-state index in [0.29, 0.717) is 11.6 Å². The fraction of sp³-hybridized carbons (Fsp3) is 0.233. The van der Waals surface area contributed by atoms with Crippen LogP contribution < -0.4 is 0 Å². The maximum atomic E-state index is 6.42. The zero-order valence-corrected chi connectivity index (χ0v) is 30.2. The number of fused-ring (bicyclic) bond motifs is 3. The van der Waals surface area contributed by atoms with Crippen LogP contribution in [0, 0.1) is 37.8 Å². The molecule has 4 heterocycles. The molecule has 2 unspecified atom stereocenters. The molecule has 0 N–H and O–H groups in total. The number of hydrogen-bond donors (Lipinski definition) is 0. The largest absolute Gasteiger partial charge is 0.486 e. The van der Waals surface area contributed by atoms with Crippen molar-refractivity contribution in [1.82, 2.24) is 15.0 Å². The van der Waals surface area contributed by atoms with Crippen molar-refractivity contribution in [3.8, 4) is 33.8 Å². The van der Waals surface area contributed by atoms with E-state index in [1.807, 2.05) is 54.7 Å². The summed E-state index contributed by atoms with van der Waals surface area (Å²) in [7, 11) is 0. The smallest absolute Gasteiger partial charge is 0.216 e. The van der Waals surface area contributed by atoms with Crippen LogP contribution in [-0.2, 0) is 20.1 Å². The van der Waals surface area contributed by atoms with E-state index in [0.717, 1.165) is 56.4 Å². The number of benzene rings is 3. The zero-order chi connectivity index (χ0) is 32.3. The van der Waals surface area contributed by atoms with Gasteiger partial charge in [0, 0.05) is 43.4 Å². The summed E-state index contributed by atoms with van der Waals surface area (Å²) in [5.74, 6) is 2.12. The Morgan fingerprint density at radius 3 is 2.17 bits per heavy atom. The van der Waals surface area contributed by atoms with Crippen LogP contribution >= 0.6 is 0 Å². The van der Waals surface area contributed by atoms with Crippen LogP contribution in [0.4, 0.5) is 0 Å². The first-order valence-electron chi connectivity index (χ1n) is 16.6. The summed E-state index contributed by atoms with van der Waals surface area (Å²) in [5, 5.41) is 2.08. The Hall–Kier alpha value is -4.44. The van der Waals surface area contributed by atoms with Gasteiger partial charge in [-0.15, -0.1) is 54.1 Å². The van der Waals surface area contributed by atoms with E-state index >= 15 is 0 Å². The molecule has 3 aromatic carbocycles. The van der Waals surface area contributed by atoms with Gasteiger partial charge in [-0.25, -0.2) is 4.98 Å². The second-order valence-electron chi connectivity index (χ2n) is 13.1. The molecule has 1 radical (unpaired) electrons. The molecule has 5 heteroatoms. The molecular weight excluding hydrogens is 767 g/mol. The predicted molar refractivity (Wildman–Crippen MR) is 192 cm³/mol. The van der Waals surface area contributed by atoms with Gasteiger partial charge in [-0.1, -0.05) is 66.8 Å². The zero-order valence-electron chi connectivity index (χ0n) is 27.8. The molecule has 4 nitrogen and oxygen atoms in total. The summed E-state index contributed by atoms with van der Waals surface area (Å²) in [6, 6.07) is 39.3. The fourth-order valence-electron chi connectivity index (χ4n) is 7.30. The molecule has 0 bridgehead atoms. The van der Waals surface area contributed by atoms with E-state index in [2.05, 4.69) is 93.3 Å². The van der Waals surface area contributed by atoms with Crippen molar-refractivity contribution in [2.45, 2.75) is 52.9 Å². The van der Waals surface area contributed by atoms with Crippen molar-refractivity contribution in [2.24, 2.45) is 11.8 Å². The van der Waals surface area contributed by atoms with Gasteiger partial charge in [-0.3, -0.25) is 0 Å². The minimum Gasteiger partial charge on any atom is -0.486 e. The van der Waals surface area contributed by atoms with Crippen LogP contribution in [0.15, 0.2) is 114 Å². The van der Waals surface area contributed by atoms with Crippen LogP contribution in [-0.4, -0.2) is 15.0 Å². The Balaban J connectivity index is 0.000000260. The van der Waals surface area contributed by atoms with Crippen LogP contribution in [0.5, 0.6) is 0 Å². The Morgan fingerprint density at radius 2 is 1.44 bits per heavy atom. The minimum absolute atomic E-state index is 0. The number of rotatable bonds is 4. The number of hydrogen-bond acceptors (Lipinski definition) is 4. The third-order valence-corrected chi connectivity index (χ3v) is 9.38. The summed E-state index contributed by atoms with van der Waals surface area (Å²) in [6.45, 7) is 9.03. The van der Waals surface area contributed by atoms with E-state index in [1.165, 1.54) is 41.5 Å². The van der Waals surface area contributed by atoms with Crippen molar-refractivity contribution >= 4 is 22.1 Å². The molecule has 1 fully saturated rings. The van der Waals surface area contributed by atoms with Gasteiger partial charge in [-0.05, 0) is 97.6 Å². The summed E-state index contributed by atoms with van der Waals surface area (Å²) >= 11 is 0. The standard InChI is InChI=1S/C32H31N2O.C11H8N.Ir/c1-19-15-20(2)17-24(16-19)23-13-14-33-29(18-23)27-10-6-9-25-26-11-12-28(34-32(26)35-31(25)27)30-21(3)7-5-8-22(30)4;1-2-6-10(7-3-1)11-8-4-5-9-12-11;/h5-9,11-14,18-20,24H,15-17H2,1-4H3;1-6,8-9H;/q2*-1;. The number of nitrogens with zero attached hydrogens (tertiary/aromatic N) is 3. The summed E-state index contributed by atoms with van der Waals surface area (Å²) < 4.78 is 6.42. The summed E-state index contributed by atoms with van der Waals surface area (Å²) in [5.41, 5.74) is 11.2. The van der Waals surface area contributed by atoms with E-state index in [-0.39, 0.29) is 20.1 Å². The molecule has 0 saturated heterocycles. The molecule has 0 amide bonds. The number of furan rings is 1. The Bertz CT molecular complexity index is 2070. The normalized spacial score (nSPS) is 17.4. The molecule has 48 heavy (non-hydrogen) atoms. The van der Waals surface area contributed by atoms with Gasteiger partial charge in [-0.2, -0.15) is 0 Å². The van der Waals surface area contributed by atoms with Crippen molar-refractivity contribution in [1.29, 1.82) is 0 Å². The number of aromatic nitrogens is 3. The SMILES string of the molecule is Cc1cccc(C)c1-c1ccc2c(n1)oc1c(-c3cc(C4CC(C)CC(C)C4)ccn3)[c-]ccc12.[Ir].[c-]1ccccc1-c1ccccn1. The first kappa shape index (κ1) is 33.5. The van der Waals surface area contributed by atoms with E-state index in [4.69, 9.17) is 14.4 Å². The molecule has 8 rings (SSSR count). The first-order chi connectivity index (χ1) is 22.9. The molecule has 7 aromatic rings. The van der Waals surface area contributed by atoms with Crippen molar-refractivity contribution in [3.63, 3.8) is 0 Å². The average molecular weight is 806 g/mol.